The van der Waals surface area contributed by atoms with Gasteiger partial charge in [-0.15, -0.1) is 0 Å². The third kappa shape index (κ3) is 4.12. The van der Waals surface area contributed by atoms with Crippen LogP contribution >= 0.6 is 0 Å². The second-order valence-corrected chi connectivity index (χ2v) is 7.50. The number of pyridine rings is 3. The van der Waals surface area contributed by atoms with Crippen molar-refractivity contribution in [2.24, 2.45) is 4.99 Å². The fourth-order valence-corrected chi connectivity index (χ4v) is 3.72. The summed E-state index contributed by atoms with van der Waals surface area (Å²) in [5.74, 6) is -0.801. The van der Waals surface area contributed by atoms with E-state index in [0.717, 1.165) is 0 Å². The molecule has 0 aliphatic rings. The Morgan fingerprint density at radius 2 is 1.94 bits per heavy atom. The van der Waals surface area contributed by atoms with Crippen molar-refractivity contribution in [2.45, 2.75) is 13.5 Å². The van der Waals surface area contributed by atoms with Gasteiger partial charge in [0.05, 0.1) is 24.8 Å². The minimum absolute atomic E-state index is 0.00124. The van der Waals surface area contributed by atoms with Crippen LogP contribution in [-0.2, 0) is 11.3 Å². The lowest BCUT2D eigenvalue weighted by molar-refractivity contribution is 0.0523. The van der Waals surface area contributed by atoms with Crippen LogP contribution in [0, 0.1) is 0 Å². The van der Waals surface area contributed by atoms with Gasteiger partial charge in [0.2, 0.25) is 0 Å². The van der Waals surface area contributed by atoms with Crippen molar-refractivity contribution >= 4 is 28.6 Å². The average molecular weight is 469 g/mol. The van der Waals surface area contributed by atoms with Crippen LogP contribution in [0.3, 0.4) is 0 Å². The molecule has 0 N–H and O–H groups in total. The lowest BCUT2D eigenvalue weighted by atomic mass is 10.2. The number of aromatic nitrogens is 4. The van der Waals surface area contributed by atoms with E-state index in [1.54, 1.807) is 43.5 Å². The number of nitrogens with zero attached hydrogens (tertiary/aromatic N) is 5. The second-order valence-electron chi connectivity index (χ2n) is 7.50. The monoisotopic (exact) mass is 469 g/mol. The van der Waals surface area contributed by atoms with Crippen molar-refractivity contribution in [3.63, 3.8) is 0 Å². The third-order valence-electron chi connectivity index (χ3n) is 5.31. The van der Waals surface area contributed by atoms with E-state index in [4.69, 9.17) is 9.15 Å². The summed E-state index contributed by atoms with van der Waals surface area (Å²) in [5.41, 5.74) is 0.507. The zero-order chi connectivity index (χ0) is 24.4. The molecule has 0 aliphatic carbocycles. The maximum absolute atomic E-state index is 13.4. The number of hydrogen-bond donors (Lipinski definition) is 0. The first kappa shape index (κ1) is 22.0. The predicted octanol–water partition coefficient (Wildman–Crippen LogP) is 2.60. The highest BCUT2D eigenvalue weighted by atomic mass is 16.5. The van der Waals surface area contributed by atoms with Gasteiger partial charge in [0.15, 0.2) is 5.49 Å². The van der Waals surface area contributed by atoms with Crippen molar-refractivity contribution in [1.82, 2.24) is 18.9 Å². The molecule has 5 heterocycles. The molecule has 10 heteroatoms. The summed E-state index contributed by atoms with van der Waals surface area (Å²) in [6.07, 6.45) is 6.04. The van der Waals surface area contributed by atoms with E-state index in [1.165, 1.54) is 45.8 Å². The van der Waals surface area contributed by atoms with Crippen molar-refractivity contribution < 1.29 is 18.7 Å². The molecule has 0 aliphatic heterocycles. The van der Waals surface area contributed by atoms with E-state index in [0.29, 0.717) is 11.4 Å². The summed E-state index contributed by atoms with van der Waals surface area (Å²) < 4.78 is 13.7. The molecule has 174 valence electrons. The van der Waals surface area contributed by atoms with Gasteiger partial charge >= 0.3 is 5.97 Å². The first-order chi connectivity index (χ1) is 17.1. The number of amides is 1. The maximum atomic E-state index is 13.4. The zero-order valence-corrected chi connectivity index (χ0v) is 18.6. The molecule has 0 spiro atoms. The van der Waals surface area contributed by atoms with E-state index in [1.807, 2.05) is 0 Å². The molecule has 0 saturated carbocycles. The molecule has 0 radical (unpaired) electrons. The van der Waals surface area contributed by atoms with Crippen LogP contribution in [0.25, 0.3) is 16.7 Å². The van der Waals surface area contributed by atoms with Crippen molar-refractivity contribution in [1.29, 1.82) is 0 Å². The molecule has 5 rings (SSSR count). The smallest absolute Gasteiger partial charge is 0.341 e. The largest absolute Gasteiger partial charge is 0.467 e. The Bertz CT molecular complexity index is 1690. The van der Waals surface area contributed by atoms with Gasteiger partial charge in [-0.1, -0.05) is 6.07 Å². The number of ether oxygens (including phenoxy) is 1. The summed E-state index contributed by atoms with van der Waals surface area (Å²) in [6, 6.07) is 13.0. The standard InChI is InChI=1S/C25H19N5O5/c1-2-34-25(33)19-14-18-21(27-20-7-3-4-12-29(20)24(18)32)30(15-17-6-5-13-35-17)22(19)28-23(31)16-8-10-26-11-9-16/h3-14H,2,15H2,1H3. The fourth-order valence-electron chi connectivity index (χ4n) is 3.72. The summed E-state index contributed by atoms with van der Waals surface area (Å²) in [7, 11) is 0. The molecule has 0 saturated heterocycles. The van der Waals surface area contributed by atoms with E-state index in [9.17, 15) is 14.4 Å². The number of esters is 1. The molecule has 0 fully saturated rings. The normalized spacial score (nSPS) is 11.7. The summed E-state index contributed by atoms with van der Waals surface area (Å²) in [6.45, 7) is 1.83. The van der Waals surface area contributed by atoms with Crippen molar-refractivity contribution in [3.8, 4) is 0 Å². The topological polar surface area (TPSA) is 121 Å². The zero-order valence-electron chi connectivity index (χ0n) is 18.6. The van der Waals surface area contributed by atoms with Crippen molar-refractivity contribution in [3.05, 3.63) is 106 Å². The highest BCUT2D eigenvalue weighted by Gasteiger charge is 2.21. The van der Waals surface area contributed by atoms with Crippen LogP contribution in [0.4, 0.5) is 0 Å². The van der Waals surface area contributed by atoms with Gasteiger partial charge in [-0.2, -0.15) is 4.99 Å². The van der Waals surface area contributed by atoms with Crippen LogP contribution in [-0.4, -0.2) is 37.4 Å². The Kier molecular flexibility index (Phi) is 5.76. The first-order valence-corrected chi connectivity index (χ1v) is 10.8. The molecule has 0 bridgehead atoms. The van der Waals surface area contributed by atoms with Gasteiger partial charge in [-0.05, 0) is 49.4 Å². The predicted molar refractivity (Wildman–Crippen MR) is 125 cm³/mol. The molecule has 10 nitrogen and oxygen atoms in total. The van der Waals surface area contributed by atoms with Gasteiger partial charge in [-0.25, -0.2) is 9.78 Å². The lowest BCUT2D eigenvalue weighted by Crippen LogP contribution is -2.33. The number of carbonyl (C=O) groups excluding carboxylic acids is 2. The van der Waals surface area contributed by atoms with Crippen LogP contribution in [0.15, 0.2) is 87.6 Å². The Morgan fingerprint density at radius 1 is 1.11 bits per heavy atom. The molecule has 5 aromatic rings. The van der Waals surface area contributed by atoms with E-state index in [2.05, 4.69) is 15.0 Å². The number of fused-ring (bicyclic) bond motifs is 2. The minimum atomic E-state index is -0.721. The fraction of sp³-hybridized carbons (Fsp3) is 0.120. The van der Waals surface area contributed by atoms with E-state index >= 15 is 0 Å². The summed E-state index contributed by atoms with van der Waals surface area (Å²) >= 11 is 0. The molecular formula is C25H19N5O5. The van der Waals surface area contributed by atoms with Gasteiger partial charge in [-0.3, -0.25) is 19.0 Å². The summed E-state index contributed by atoms with van der Waals surface area (Å²) in [5, 5.41) is 0.165. The third-order valence-corrected chi connectivity index (χ3v) is 5.31. The van der Waals surface area contributed by atoms with E-state index in [-0.39, 0.29) is 46.4 Å². The molecule has 1 amide bonds. The minimum Gasteiger partial charge on any atom is -0.467 e. The Balaban J connectivity index is 1.90. The molecule has 35 heavy (non-hydrogen) atoms. The van der Waals surface area contributed by atoms with Gasteiger partial charge in [0, 0.05) is 24.2 Å². The molecular weight excluding hydrogens is 450 g/mol. The van der Waals surface area contributed by atoms with Gasteiger partial charge in [0.25, 0.3) is 11.5 Å². The lowest BCUT2D eigenvalue weighted by Gasteiger charge is -2.14. The summed E-state index contributed by atoms with van der Waals surface area (Å²) in [4.78, 5) is 52.2. The Hall–Kier alpha value is -4.86. The van der Waals surface area contributed by atoms with Gasteiger partial charge < -0.3 is 13.7 Å². The number of furan rings is 1. The Labute approximate surface area is 197 Å². The SMILES string of the molecule is CCOC(=O)c1cc2c(=O)n3ccccc3nc2n(Cc2ccco2)c1=NC(=O)c1ccncc1. The number of hydrogen-bond acceptors (Lipinski definition) is 7. The highest BCUT2D eigenvalue weighted by molar-refractivity contribution is 5.97. The van der Waals surface area contributed by atoms with Crippen molar-refractivity contribution in [2.75, 3.05) is 6.61 Å². The molecule has 5 aromatic heterocycles. The van der Waals surface area contributed by atoms with Crippen LogP contribution < -0.4 is 11.0 Å². The average Bonchev–Trinajstić information content (AvgIpc) is 3.39. The Morgan fingerprint density at radius 3 is 2.69 bits per heavy atom. The molecule has 0 unspecified atom stereocenters. The number of rotatable bonds is 5. The molecule has 0 atom stereocenters. The highest BCUT2D eigenvalue weighted by Crippen LogP contribution is 2.14. The van der Waals surface area contributed by atoms with E-state index < -0.39 is 11.9 Å². The number of carbonyl (C=O) groups is 2. The van der Waals surface area contributed by atoms with Crippen LogP contribution in [0.5, 0.6) is 0 Å². The van der Waals surface area contributed by atoms with Crippen LogP contribution in [0.2, 0.25) is 0 Å². The maximum Gasteiger partial charge on any atom is 0.341 e. The van der Waals surface area contributed by atoms with Gasteiger partial charge in [0.1, 0.15) is 22.6 Å². The first-order valence-electron chi connectivity index (χ1n) is 10.8. The quantitative estimate of drug-likeness (QED) is 0.286. The molecule has 0 aromatic carbocycles. The van der Waals surface area contributed by atoms with Crippen LogP contribution in [0.1, 0.15) is 33.4 Å². The second kappa shape index (κ2) is 9.18.